The first-order chi connectivity index (χ1) is 18.3. The summed E-state index contributed by atoms with van der Waals surface area (Å²) in [6, 6.07) is -0.126. The molecule has 0 aromatic carbocycles. The van der Waals surface area contributed by atoms with Crippen LogP contribution in [0, 0.1) is 50.2 Å². The maximum absolute atomic E-state index is 14.5. The number of allylic oxidation sites excluding steroid dienone is 2. The van der Waals surface area contributed by atoms with Gasteiger partial charge in [-0.1, -0.05) is 54.0 Å². The predicted molar refractivity (Wildman–Crippen MR) is 156 cm³/mol. The van der Waals surface area contributed by atoms with Gasteiger partial charge in [-0.15, -0.1) is 0 Å². The molecule has 4 fully saturated rings. The van der Waals surface area contributed by atoms with Crippen LogP contribution in [-0.4, -0.2) is 39.5 Å². The summed E-state index contributed by atoms with van der Waals surface area (Å²) in [5.41, 5.74) is 2.68. The van der Waals surface area contributed by atoms with Crippen molar-refractivity contribution in [2.24, 2.45) is 50.2 Å². The molecule has 5 rings (SSSR count). The molecule has 40 heavy (non-hydrogen) atoms. The zero-order valence-corrected chi connectivity index (χ0v) is 27.0. The minimum Gasteiger partial charge on any atom is -0.295 e. The number of hydrogen-bond acceptors (Lipinski definition) is 5. The number of ketones is 1. The number of rotatable bonds is 4. The normalized spacial score (nSPS) is 48.1. The Morgan fingerprint density at radius 2 is 1.60 bits per heavy atom. The lowest BCUT2D eigenvalue weighted by Crippen LogP contribution is -2.67. The lowest BCUT2D eigenvalue weighted by atomic mass is 9.33. The molecule has 1 unspecified atom stereocenters. The van der Waals surface area contributed by atoms with Crippen LogP contribution in [0.3, 0.4) is 0 Å². The van der Waals surface area contributed by atoms with E-state index >= 15 is 0 Å². The molecule has 0 bridgehead atoms. The average Bonchev–Trinajstić information content (AvgIpc) is 2.83. The summed E-state index contributed by atoms with van der Waals surface area (Å²) in [6.45, 7) is 16.0. The summed E-state index contributed by atoms with van der Waals surface area (Å²) in [7, 11) is -1.84. The Kier molecular flexibility index (Phi) is 6.89. The van der Waals surface area contributed by atoms with Gasteiger partial charge in [0.15, 0.2) is 5.78 Å². The van der Waals surface area contributed by atoms with Crippen molar-refractivity contribution in [3.63, 3.8) is 0 Å². The van der Waals surface area contributed by atoms with Crippen molar-refractivity contribution in [2.75, 3.05) is 13.4 Å². The molecule has 0 saturated heterocycles. The molecule has 0 radical (unpaired) electrons. The molecule has 8 heteroatoms. The molecular weight excluding hydrogens is 524 g/mol. The Balaban J connectivity index is 1.55. The molecule has 5 aliphatic rings. The fraction of sp³-hybridized carbons (Fsp3) is 0.875. The van der Waals surface area contributed by atoms with Crippen molar-refractivity contribution >= 4 is 21.7 Å². The Morgan fingerprint density at radius 3 is 2.23 bits per heavy atom. The first-order valence-electron chi connectivity index (χ1n) is 15.3. The summed E-state index contributed by atoms with van der Waals surface area (Å²) in [5.74, 6) is 0.530. The quantitative estimate of drug-likeness (QED) is 0.427. The minimum absolute atomic E-state index is 0.0640. The first-order valence-corrected chi connectivity index (χ1v) is 17.2. The molecule has 4 saturated carbocycles. The van der Waals surface area contributed by atoms with E-state index in [-0.39, 0.29) is 62.6 Å². The number of amides is 1. The largest absolute Gasteiger partial charge is 0.295 e. The Bertz CT molecular complexity index is 1240. The SMILES string of the molecule is CONC(=O)[C@@]1(C)CC[C@]2(C)CC[C@]3(C)C(=CC(=O)[C@@H]4[C@@]5(C)CC[C@@H](NS(C)(=O)=O)C(C)(C)C5CC[C@]43C)[C@@H]2C1. The first kappa shape index (κ1) is 30.2. The zero-order valence-electron chi connectivity index (χ0n) is 26.2. The third-order valence-electron chi connectivity index (χ3n) is 13.7. The van der Waals surface area contributed by atoms with Crippen LogP contribution in [0.25, 0.3) is 0 Å². The number of carbonyl (C=O) groups is 2. The van der Waals surface area contributed by atoms with Crippen LogP contribution in [0.5, 0.6) is 0 Å². The van der Waals surface area contributed by atoms with Crippen molar-refractivity contribution in [2.45, 2.75) is 112 Å². The molecule has 5 aliphatic carbocycles. The molecule has 1 amide bonds. The van der Waals surface area contributed by atoms with E-state index in [1.54, 1.807) is 0 Å². The second-order valence-electron chi connectivity index (χ2n) is 16.2. The molecule has 7 nitrogen and oxygen atoms in total. The summed E-state index contributed by atoms with van der Waals surface area (Å²) in [4.78, 5) is 32.6. The average molecular weight is 577 g/mol. The van der Waals surface area contributed by atoms with Gasteiger partial charge in [-0.2, -0.15) is 0 Å². The molecule has 0 aromatic heterocycles. The van der Waals surface area contributed by atoms with E-state index in [1.807, 2.05) is 6.08 Å². The second kappa shape index (κ2) is 9.12. The molecule has 0 spiro atoms. The number of fused-ring (bicyclic) bond motifs is 7. The van der Waals surface area contributed by atoms with Crippen LogP contribution in [0.4, 0.5) is 0 Å². The van der Waals surface area contributed by atoms with E-state index in [9.17, 15) is 18.0 Å². The Labute approximate surface area is 242 Å². The summed E-state index contributed by atoms with van der Waals surface area (Å²) < 4.78 is 27.4. The fourth-order valence-corrected chi connectivity index (χ4v) is 12.0. The van der Waals surface area contributed by atoms with E-state index in [2.05, 4.69) is 58.7 Å². The zero-order chi connectivity index (χ0) is 29.7. The van der Waals surface area contributed by atoms with Crippen LogP contribution in [0.15, 0.2) is 11.6 Å². The Morgan fingerprint density at radius 1 is 0.950 bits per heavy atom. The van der Waals surface area contributed by atoms with E-state index in [0.717, 1.165) is 57.8 Å². The fourth-order valence-electron chi connectivity index (χ4n) is 11.1. The minimum atomic E-state index is -3.32. The van der Waals surface area contributed by atoms with Crippen LogP contribution >= 0.6 is 0 Å². The van der Waals surface area contributed by atoms with Crippen LogP contribution in [0.2, 0.25) is 0 Å². The standard InChI is InChI=1S/C32H52N2O5S/c1-27(2)23-10-13-32(7)25(30(23,5)12-11-24(27)34-40(9,37)38)22(35)18-20-21-19-29(4,26(36)33-39-8)15-14-28(21,3)16-17-31(20,32)6/h18,21,23-25,34H,10-17,19H2,1-9H3,(H,33,36)/t21-,23?,24+,25+,28+,29-,30-,31+,32+/m0/s1. The van der Waals surface area contributed by atoms with Crippen molar-refractivity contribution < 1.29 is 22.8 Å². The second-order valence-corrected chi connectivity index (χ2v) is 18.0. The third kappa shape index (κ3) is 4.12. The highest BCUT2D eigenvalue weighted by atomic mass is 32.2. The lowest BCUT2D eigenvalue weighted by molar-refractivity contribution is -0.188. The Hall–Kier alpha value is -1.25. The highest BCUT2D eigenvalue weighted by Gasteiger charge is 2.70. The summed E-state index contributed by atoms with van der Waals surface area (Å²) in [6.07, 6.45) is 11.5. The molecule has 9 atom stereocenters. The molecule has 226 valence electrons. The maximum Gasteiger partial charge on any atom is 0.249 e. The van der Waals surface area contributed by atoms with Gasteiger partial charge in [0, 0.05) is 17.4 Å². The molecule has 2 N–H and O–H groups in total. The molecule has 0 aromatic rings. The van der Waals surface area contributed by atoms with Gasteiger partial charge in [0.25, 0.3) is 0 Å². The van der Waals surface area contributed by atoms with Crippen LogP contribution < -0.4 is 10.2 Å². The maximum atomic E-state index is 14.5. The van der Waals surface area contributed by atoms with Gasteiger partial charge in [0.2, 0.25) is 15.9 Å². The highest BCUT2D eigenvalue weighted by Crippen LogP contribution is 2.75. The number of carbonyl (C=O) groups excluding carboxylic acids is 2. The van der Waals surface area contributed by atoms with E-state index < -0.39 is 15.4 Å². The summed E-state index contributed by atoms with van der Waals surface area (Å²) in [5, 5.41) is 0. The van der Waals surface area contributed by atoms with Gasteiger partial charge in [0.05, 0.1) is 13.4 Å². The van der Waals surface area contributed by atoms with Gasteiger partial charge in [0.1, 0.15) is 0 Å². The van der Waals surface area contributed by atoms with Crippen LogP contribution in [0.1, 0.15) is 106 Å². The van der Waals surface area contributed by atoms with Crippen molar-refractivity contribution in [1.82, 2.24) is 10.2 Å². The predicted octanol–water partition coefficient (Wildman–Crippen LogP) is 5.56. The number of sulfonamides is 1. The van der Waals surface area contributed by atoms with Crippen molar-refractivity contribution in [1.29, 1.82) is 0 Å². The topological polar surface area (TPSA) is 102 Å². The van der Waals surface area contributed by atoms with Gasteiger partial charge in [-0.05, 0) is 103 Å². The van der Waals surface area contributed by atoms with E-state index in [1.165, 1.54) is 18.9 Å². The van der Waals surface area contributed by atoms with Gasteiger partial charge < -0.3 is 0 Å². The summed E-state index contributed by atoms with van der Waals surface area (Å²) >= 11 is 0. The number of hydrogen-bond donors (Lipinski definition) is 2. The number of hydroxylamine groups is 1. The monoisotopic (exact) mass is 576 g/mol. The van der Waals surface area contributed by atoms with Gasteiger partial charge in [-0.3, -0.25) is 14.4 Å². The lowest BCUT2D eigenvalue weighted by Gasteiger charge is -2.70. The van der Waals surface area contributed by atoms with Crippen LogP contribution in [-0.2, 0) is 24.4 Å². The van der Waals surface area contributed by atoms with E-state index in [4.69, 9.17) is 4.84 Å². The molecule has 0 aliphatic heterocycles. The highest BCUT2D eigenvalue weighted by molar-refractivity contribution is 7.88. The molecule has 0 heterocycles. The third-order valence-corrected chi connectivity index (χ3v) is 14.4. The van der Waals surface area contributed by atoms with Gasteiger partial charge >= 0.3 is 0 Å². The number of nitrogens with one attached hydrogen (secondary N) is 2. The van der Waals surface area contributed by atoms with Crippen molar-refractivity contribution in [3.8, 4) is 0 Å². The van der Waals surface area contributed by atoms with E-state index in [0.29, 0.717) is 0 Å². The molecular formula is C32H52N2O5S. The smallest absolute Gasteiger partial charge is 0.249 e. The van der Waals surface area contributed by atoms with Crippen molar-refractivity contribution in [3.05, 3.63) is 11.6 Å². The van der Waals surface area contributed by atoms with Gasteiger partial charge in [-0.25, -0.2) is 18.6 Å².